The number of ether oxygens (including phenoxy) is 2. The third-order valence-electron chi connectivity index (χ3n) is 4.06. The van der Waals surface area contributed by atoms with E-state index in [4.69, 9.17) is 9.47 Å². The summed E-state index contributed by atoms with van der Waals surface area (Å²) in [5, 5.41) is 0. The Balaban J connectivity index is 2.14. The molecule has 0 unspecified atom stereocenters. The first-order valence-corrected chi connectivity index (χ1v) is 9.48. The van der Waals surface area contributed by atoms with Crippen LogP contribution in [0.4, 0.5) is 5.69 Å². The third kappa shape index (κ3) is 6.31. The lowest BCUT2D eigenvalue weighted by Crippen LogP contribution is -2.20. The van der Waals surface area contributed by atoms with E-state index in [2.05, 4.69) is 0 Å². The van der Waals surface area contributed by atoms with Crippen LogP contribution in [0.15, 0.2) is 66.4 Å². The fourth-order valence-electron chi connectivity index (χ4n) is 2.57. The third-order valence-corrected chi connectivity index (χ3v) is 4.06. The minimum Gasteiger partial charge on any atom is -0.462 e. The van der Waals surface area contributed by atoms with Gasteiger partial charge in [-0.1, -0.05) is 25.1 Å². The maximum Gasteiger partial charge on any atom is 0.343 e. The summed E-state index contributed by atoms with van der Waals surface area (Å²) in [5.41, 5.74) is 1.19. The molecule has 0 aromatic heterocycles. The fourth-order valence-corrected chi connectivity index (χ4v) is 2.57. The molecule has 29 heavy (non-hydrogen) atoms. The molecule has 0 aliphatic carbocycles. The number of carbonyl (C=O) groups is 3. The number of anilines is 1. The number of rotatable bonds is 9. The first-order valence-electron chi connectivity index (χ1n) is 9.48. The zero-order valence-electron chi connectivity index (χ0n) is 16.9. The van der Waals surface area contributed by atoms with Gasteiger partial charge < -0.3 is 14.4 Å². The number of hydrogen-bond acceptors (Lipinski definition) is 6. The van der Waals surface area contributed by atoms with Crippen LogP contribution in [-0.2, 0) is 14.3 Å². The van der Waals surface area contributed by atoms with Crippen molar-refractivity contribution in [3.63, 3.8) is 0 Å². The van der Waals surface area contributed by atoms with E-state index in [0.717, 1.165) is 5.69 Å². The monoisotopic (exact) mass is 395 g/mol. The molecule has 2 aromatic rings. The molecule has 0 saturated heterocycles. The van der Waals surface area contributed by atoms with Crippen molar-refractivity contribution >= 4 is 23.4 Å². The molecule has 0 saturated carbocycles. The Kier molecular flexibility index (Phi) is 8.15. The van der Waals surface area contributed by atoms with Gasteiger partial charge in [-0.3, -0.25) is 4.79 Å². The lowest BCUT2D eigenvalue weighted by molar-refractivity contribution is -0.140. The summed E-state index contributed by atoms with van der Waals surface area (Å²) in [6, 6.07) is 15.5. The van der Waals surface area contributed by atoms with Crippen molar-refractivity contribution < 1.29 is 23.9 Å². The highest BCUT2D eigenvalue weighted by Crippen LogP contribution is 2.21. The van der Waals surface area contributed by atoms with E-state index in [1.807, 2.05) is 13.0 Å². The SMILES string of the molecule is CCCC(=O)C(=CN(C)c1ccc(OC(=O)c2ccccc2)cc1)C(=O)OCC. The fraction of sp³-hybridized carbons (Fsp3) is 0.261. The molecule has 6 heteroatoms. The van der Waals surface area contributed by atoms with Crippen LogP contribution in [0.1, 0.15) is 37.0 Å². The number of Topliss-reactive ketones (excluding diaryl/α,β-unsaturated/α-hetero) is 1. The van der Waals surface area contributed by atoms with Crippen molar-refractivity contribution in [3.8, 4) is 5.75 Å². The van der Waals surface area contributed by atoms with Crippen LogP contribution in [-0.4, -0.2) is 31.4 Å². The first-order chi connectivity index (χ1) is 14.0. The smallest absolute Gasteiger partial charge is 0.343 e. The Labute approximate surface area is 170 Å². The average molecular weight is 395 g/mol. The molecule has 0 bridgehead atoms. The van der Waals surface area contributed by atoms with Gasteiger partial charge in [-0.15, -0.1) is 0 Å². The normalized spacial score (nSPS) is 10.9. The highest BCUT2D eigenvalue weighted by molar-refractivity contribution is 6.17. The molecule has 0 spiro atoms. The Morgan fingerprint density at radius 1 is 0.966 bits per heavy atom. The van der Waals surface area contributed by atoms with E-state index in [1.54, 1.807) is 67.4 Å². The van der Waals surface area contributed by atoms with Gasteiger partial charge in [-0.2, -0.15) is 0 Å². The van der Waals surface area contributed by atoms with Gasteiger partial charge in [-0.05, 0) is 49.7 Å². The lowest BCUT2D eigenvalue weighted by atomic mass is 10.1. The van der Waals surface area contributed by atoms with Gasteiger partial charge in [0, 0.05) is 25.4 Å². The zero-order chi connectivity index (χ0) is 21.2. The number of benzene rings is 2. The van der Waals surface area contributed by atoms with E-state index >= 15 is 0 Å². The van der Waals surface area contributed by atoms with Crippen molar-refractivity contribution in [3.05, 3.63) is 71.9 Å². The maximum absolute atomic E-state index is 12.3. The summed E-state index contributed by atoms with van der Waals surface area (Å²) in [6.07, 6.45) is 2.38. The van der Waals surface area contributed by atoms with Crippen LogP contribution in [0.25, 0.3) is 0 Å². The standard InChI is InChI=1S/C23H25NO5/c1-4-9-21(25)20(23(27)28-5-2)16-24(3)18-12-14-19(15-13-18)29-22(26)17-10-7-6-8-11-17/h6-8,10-16H,4-5,9H2,1-3H3. The molecule has 2 rings (SSSR count). The van der Waals surface area contributed by atoms with Gasteiger partial charge in [0.1, 0.15) is 11.3 Å². The van der Waals surface area contributed by atoms with Crippen LogP contribution in [0, 0.1) is 0 Å². The van der Waals surface area contributed by atoms with Crippen molar-refractivity contribution in [1.29, 1.82) is 0 Å². The topological polar surface area (TPSA) is 72.9 Å². The molecule has 0 N–H and O–H groups in total. The first kappa shape index (κ1) is 21.9. The molecule has 2 aromatic carbocycles. The minimum atomic E-state index is -0.633. The highest BCUT2D eigenvalue weighted by atomic mass is 16.5. The molecular weight excluding hydrogens is 370 g/mol. The molecule has 0 amide bonds. The van der Waals surface area contributed by atoms with Crippen LogP contribution >= 0.6 is 0 Å². The van der Waals surface area contributed by atoms with Crippen LogP contribution in [0.2, 0.25) is 0 Å². The molecular formula is C23H25NO5. The Hall–Kier alpha value is -3.41. The summed E-state index contributed by atoms with van der Waals surface area (Å²) in [5.74, 6) is -0.938. The summed E-state index contributed by atoms with van der Waals surface area (Å²) in [4.78, 5) is 38.2. The second-order valence-corrected chi connectivity index (χ2v) is 6.30. The number of hydrogen-bond donors (Lipinski definition) is 0. The molecule has 0 aliphatic rings. The Morgan fingerprint density at radius 2 is 1.62 bits per heavy atom. The molecule has 0 heterocycles. The van der Waals surface area contributed by atoms with Gasteiger partial charge >= 0.3 is 11.9 Å². The Bertz CT molecular complexity index is 852. The predicted molar refractivity (Wildman–Crippen MR) is 111 cm³/mol. The summed E-state index contributed by atoms with van der Waals surface area (Å²) in [6.45, 7) is 3.76. The van der Waals surface area contributed by atoms with Crippen LogP contribution in [0.5, 0.6) is 5.75 Å². The van der Waals surface area contributed by atoms with Gasteiger partial charge in [-0.25, -0.2) is 9.59 Å². The second-order valence-electron chi connectivity index (χ2n) is 6.30. The highest BCUT2D eigenvalue weighted by Gasteiger charge is 2.20. The predicted octanol–water partition coefficient (Wildman–Crippen LogP) is 4.16. The van der Waals surface area contributed by atoms with Crippen LogP contribution in [0.3, 0.4) is 0 Å². The second kappa shape index (κ2) is 10.8. The van der Waals surface area contributed by atoms with E-state index < -0.39 is 11.9 Å². The molecule has 0 fully saturated rings. The summed E-state index contributed by atoms with van der Waals surface area (Å²) in [7, 11) is 1.73. The minimum absolute atomic E-state index is 0.00998. The summed E-state index contributed by atoms with van der Waals surface area (Å²) >= 11 is 0. The molecule has 0 aliphatic heterocycles. The molecule has 152 valence electrons. The van der Waals surface area contributed by atoms with Crippen molar-refractivity contribution in [1.82, 2.24) is 0 Å². The number of carbonyl (C=O) groups excluding carboxylic acids is 3. The summed E-state index contributed by atoms with van der Waals surface area (Å²) < 4.78 is 10.4. The van der Waals surface area contributed by atoms with Crippen LogP contribution < -0.4 is 9.64 Å². The number of nitrogens with zero attached hydrogens (tertiary/aromatic N) is 1. The van der Waals surface area contributed by atoms with E-state index in [1.165, 1.54) is 6.20 Å². The van der Waals surface area contributed by atoms with E-state index in [-0.39, 0.29) is 24.4 Å². The van der Waals surface area contributed by atoms with Crippen molar-refractivity contribution in [2.75, 3.05) is 18.6 Å². The van der Waals surface area contributed by atoms with E-state index in [0.29, 0.717) is 17.7 Å². The molecule has 6 nitrogen and oxygen atoms in total. The lowest BCUT2D eigenvalue weighted by Gasteiger charge is -2.17. The average Bonchev–Trinajstić information content (AvgIpc) is 2.73. The maximum atomic E-state index is 12.3. The molecule has 0 radical (unpaired) electrons. The number of esters is 2. The molecule has 0 atom stereocenters. The quantitative estimate of drug-likeness (QED) is 0.209. The largest absolute Gasteiger partial charge is 0.462 e. The van der Waals surface area contributed by atoms with E-state index in [9.17, 15) is 14.4 Å². The van der Waals surface area contributed by atoms with Crippen molar-refractivity contribution in [2.24, 2.45) is 0 Å². The van der Waals surface area contributed by atoms with Gasteiger partial charge in [0.2, 0.25) is 0 Å². The van der Waals surface area contributed by atoms with Gasteiger partial charge in [0.05, 0.1) is 12.2 Å². The van der Waals surface area contributed by atoms with Gasteiger partial charge in [0.25, 0.3) is 0 Å². The van der Waals surface area contributed by atoms with Gasteiger partial charge in [0.15, 0.2) is 5.78 Å². The Morgan fingerprint density at radius 3 is 2.21 bits per heavy atom. The van der Waals surface area contributed by atoms with Crippen molar-refractivity contribution in [2.45, 2.75) is 26.7 Å². The zero-order valence-corrected chi connectivity index (χ0v) is 16.9. The number of ketones is 1.